The molecule has 1 heterocycles. The Balaban J connectivity index is 2.77. The van der Waals surface area contributed by atoms with Gasteiger partial charge in [0.05, 0.1) is 5.02 Å². The Morgan fingerprint density at radius 3 is 2.77 bits per heavy atom. The van der Waals surface area contributed by atoms with Gasteiger partial charge in [-0.25, -0.2) is 0 Å². The Hall–Kier alpha value is -0.530. The van der Waals surface area contributed by atoms with Gasteiger partial charge in [0.1, 0.15) is 0 Å². The lowest BCUT2D eigenvalue weighted by Crippen LogP contribution is -1.85. The van der Waals surface area contributed by atoms with E-state index < -0.39 is 0 Å². The fourth-order valence-corrected chi connectivity index (χ4v) is 2.94. The molecular formula is C11H11ClS. The van der Waals surface area contributed by atoms with E-state index in [0.717, 1.165) is 5.02 Å². The van der Waals surface area contributed by atoms with Crippen LogP contribution in [0.5, 0.6) is 0 Å². The Morgan fingerprint density at radius 1 is 1.31 bits per heavy atom. The molecule has 0 fully saturated rings. The maximum Gasteiger partial charge on any atom is 0.0591 e. The number of benzene rings is 1. The maximum absolute atomic E-state index is 6.06. The van der Waals surface area contributed by atoms with Crippen LogP contribution in [0.3, 0.4) is 0 Å². The summed E-state index contributed by atoms with van der Waals surface area (Å²) in [5, 5.41) is 4.08. The zero-order valence-electron chi connectivity index (χ0n) is 7.67. The molecule has 1 aromatic carbocycles. The van der Waals surface area contributed by atoms with Crippen LogP contribution in [0, 0.1) is 0 Å². The topological polar surface area (TPSA) is 0 Å². The molecule has 68 valence electrons. The Bertz CT molecular complexity index is 429. The number of rotatable bonds is 1. The fraction of sp³-hybridized carbons (Fsp3) is 0.273. The molecule has 0 unspecified atom stereocenters. The van der Waals surface area contributed by atoms with E-state index in [0.29, 0.717) is 5.92 Å². The van der Waals surface area contributed by atoms with Crippen molar-refractivity contribution in [2.45, 2.75) is 19.8 Å². The lowest BCUT2D eigenvalue weighted by atomic mass is 10.0. The average molecular weight is 211 g/mol. The van der Waals surface area contributed by atoms with Crippen LogP contribution in [0.25, 0.3) is 10.1 Å². The summed E-state index contributed by atoms with van der Waals surface area (Å²) in [4.78, 5) is 0. The highest BCUT2D eigenvalue weighted by Gasteiger charge is 2.08. The van der Waals surface area contributed by atoms with E-state index in [-0.39, 0.29) is 0 Å². The van der Waals surface area contributed by atoms with Crippen LogP contribution in [0.15, 0.2) is 23.6 Å². The average Bonchev–Trinajstić information content (AvgIpc) is 2.48. The molecule has 0 spiro atoms. The molecular weight excluding hydrogens is 200 g/mol. The molecule has 13 heavy (non-hydrogen) atoms. The van der Waals surface area contributed by atoms with Crippen molar-refractivity contribution in [3.8, 4) is 0 Å². The summed E-state index contributed by atoms with van der Waals surface area (Å²) < 4.78 is 1.34. The molecule has 1 aromatic heterocycles. The van der Waals surface area contributed by atoms with Crippen LogP contribution >= 0.6 is 22.9 Å². The normalized spacial score (nSPS) is 11.4. The van der Waals surface area contributed by atoms with Crippen LogP contribution in [0.2, 0.25) is 5.02 Å². The monoisotopic (exact) mass is 210 g/mol. The lowest BCUT2D eigenvalue weighted by molar-refractivity contribution is 0.878. The zero-order chi connectivity index (χ0) is 9.42. The third kappa shape index (κ3) is 1.47. The highest BCUT2D eigenvalue weighted by atomic mass is 35.5. The van der Waals surface area contributed by atoms with Crippen molar-refractivity contribution in [3.63, 3.8) is 0 Å². The minimum Gasteiger partial charge on any atom is -0.142 e. The van der Waals surface area contributed by atoms with Crippen molar-refractivity contribution in [1.82, 2.24) is 0 Å². The molecule has 0 amide bonds. The van der Waals surface area contributed by atoms with E-state index in [9.17, 15) is 0 Å². The summed E-state index contributed by atoms with van der Waals surface area (Å²) in [6.07, 6.45) is 0. The van der Waals surface area contributed by atoms with Gasteiger partial charge in [-0.2, -0.15) is 0 Å². The first-order chi connectivity index (χ1) is 6.20. The molecule has 0 saturated carbocycles. The Labute approximate surface area is 87.2 Å². The van der Waals surface area contributed by atoms with Crippen molar-refractivity contribution in [2.75, 3.05) is 0 Å². The first kappa shape index (κ1) is 9.04. The van der Waals surface area contributed by atoms with Gasteiger partial charge < -0.3 is 0 Å². The SMILES string of the molecule is CC(C)c1cccc2c(Cl)csc12. The molecule has 0 radical (unpaired) electrons. The van der Waals surface area contributed by atoms with Gasteiger partial charge in [0.15, 0.2) is 0 Å². The van der Waals surface area contributed by atoms with Crippen LogP contribution < -0.4 is 0 Å². The molecule has 2 rings (SSSR count). The number of fused-ring (bicyclic) bond motifs is 1. The third-order valence-electron chi connectivity index (χ3n) is 2.21. The van der Waals surface area contributed by atoms with Gasteiger partial charge in [-0.05, 0) is 11.5 Å². The van der Waals surface area contributed by atoms with Crippen molar-refractivity contribution in [1.29, 1.82) is 0 Å². The van der Waals surface area contributed by atoms with Gasteiger partial charge in [0.25, 0.3) is 0 Å². The molecule has 0 N–H and O–H groups in total. The molecule has 2 aromatic rings. The van der Waals surface area contributed by atoms with Crippen molar-refractivity contribution in [3.05, 3.63) is 34.2 Å². The molecule has 0 atom stereocenters. The highest BCUT2D eigenvalue weighted by Crippen LogP contribution is 2.35. The molecule has 0 aliphatic rings. The zero-order valence-corrected chi connectivity index (χ0v) is 9.25. The highest BCUT2D eigenvalue weighted by molar-refractivity contribution is 7.18. The van der Waals surface area contributed by atoms with Crippen molar-refractivity contribution >= 4 is 33.0 Å². The second-order valence-electron chi connectivity index (χ2n) is 3.46. The number of thiophene rings is 1. The summed E-state index contributed by atoms with van der Waals surface area (Å²) in [5.74, 6) is 0.568. The molecule has 0 nitrogen and oxygen atoms in total. The van der Waals surface area contributed by atoms with Crippen molar-refractivity contribution in [2.24, 2.45) is 0 Å². The predicted octanol–water partition coefficient (Wildman–Crippen LogP) is 4.68. The number of hydrogen-bond donors (Lipinski definition) is 0. The van der Waals surface area contributed by atoms with Gasteiger partial charge in [-0.15, -0.1) is 11.3 Å². The molecule has 2 heteroatoms. The second kappa shape index (κ2) is 3.32. The lowest BCUT2D eigenvalue weighted by Gasteiger charge is -2.05. The predicted molar refractivity (Wildman–Crippen MR) is 60.9 cm³/mol. The van der Waals surface area contributed by atoms with Gasteiger partial charge in [-0.1, -0.05) is 43.6 Å². The van der Waals surface area contributed by atoms with Gasteiger partial charge >= 0.3 is 0 Å². The molecule has 0 saturated heterocycles. The minimum atomic E-state index is 0.568. The van der Waals surface area contributed by atoms with Gasteiger partial charge in [0, 0.05) is 15.5 Å². The summed E-state index contributed by atoms with van der Waals surface area (Å²) in [6.45, 7) is 4.42. The minimum absolute atomic E-state index is 0.568. The van der Waals surface area contributed by atoms with E-state index in [4.69, 9.17) is 11.6 Å². The van der Waals surface area contributed by atoms with E-state index >= 15 is 0 Å². The summed E-state index contributed by atoms with van der Waals surface area (Å²) >= 11 is 7.80. The van der Waals surface area contributed by atoms with Crippen LogP contribution in [0.4, 0.5) is 0 Å². The molecule has 0 bridgehead atoms. The maximum atomic E-state index is 6.06. The Morgan fingerprint density at radius 2 is 2.08 bits per heavy atom. The van der Waals surface area contributed by atoms with E-state index in [1.807, 2.05) is 5.38 Å². The van der Waals surface area contributed by atoms with Crippen LogP contribution in [-0.2, 0) is 0 Å². The first-order valence-electron chi connectivity index (χ1n) is 4.35. The standard InChI is InChI=1S/C11H11ClS/c1-7(2)8-4-3-5-9-10(12)6-13-11(8)9/h3-7H,1-2H3. The summed E-state index contributed by atoms with van der Waals surface area (Å²) in [6, 6.07) is 6.34. The summed E-state index contributed by atoms with van der Waals surface area (Å²) in [7, 11) is 0. The summed E-state index contributed by atoms with van der Waals surface area (Å²) in [5.41, 5.74) is 1.40. The quantitative estimate of drug-likeness (QED) is 0.641. The van der Waals surface area contributed by atoms with Gasteiger partial charge in [-0.3, -0.25) is 0 Å². The smallest absolute Gasteiger partial charge is 0.0591 e. The largest absolute Gasteiger partial charge is 0.142 e. The number of halogens is 1. The van der Waals surface area contributed by atoms with Gasteiger partial charge in [0.2, 0.25) is 0 Å². The second-order valence-corrected chi connectivity index (χ2v) is 4.75. The van der Waals surface area contributed by atoms with E-state index in [2.05, 4.69) is 32.0 Å². The molecule has 0 aliphatic heterocycles. The van der Waals surface area contributed by atoms with E-state index in [1.165, 1.54) is 15.6 Å². The third-order valence-corrected chi connectivity index (χ3v) is 3.69. The molecule has 0 aliphatic carbocycles. The number of hydrogen-bond acceptors (Lipinski definition) is 1. The Kier molecular flexibility index (Phi) is 2.31. The fourth-order valence-electron chi connectivity index (χ4n) is 1.50. The van der Waals surface area contributed by atoms with Crippen LogP contribution in [0.1, 0.15) is 25.3 Å². The van der Waals surface area contributed by atoms with Crippen LogP contribution in [-0.4, -0.2) is 0 Å². The van der Waals surface area contributed by atoms with E-state index in [1.54, 1.807) is 11.3 Å². The first-order valence-corrected chi connectivity index (χ1v) is 5.61. The van der Waals surface area contributed by atoms with Crippen molar-refractivity contribution < 1.29 is 0 Å².